The third-order valence-corrected chi connectivity index (χ3v) is 3.92. The molecule has 2 heterocycles. The lowest BCUT2D eigenvalue weighted by atomic mass is 9.77. The van der Waals surface area contributed by atoms with Crippen molar-refractivity contribution >= 4 is 7.12 Å². The molecule has 1 aromatic rings. The van der Waals surface area contributed by atoms with Crippen molar-refractivity contribution in [3.05, 3.63) is 23.7 Å². The van der Waals surface area contributed by atoms with Crippen LogP contribution in [0.25, 0.3) is 0 Å². The summed E-state index contributed by atoms with van der Waals surface area (Å²) < 4.78 is 17.5. The molecule has 1 fully saturated rings. The van der Waals surface area contributed by atoms with Crippen LogP contribution in [-0.2, 0) is 15.7 Å². The minimum absolute atomic E-state index is 0.366. The molecule has 0 aliphatic carbocycles. The average Bonchev–Trinajstić information content (AvgIpc) is 2.81. The van der Waals surface area contributed by atoms with E-state index in [0.717, 1.165) is 12.2 Å². The zero-order chi connectivity index (χ0) is 13.6. The first-order valence-electron chi connectivity index (χ1n) is 6.46. The Hall–Kier alpha value is -0.775. The van der Waals surface area contributed by atoms with Crippen molar-refractivity contribution in [2.45, 2.75) is 58.2 Å². The molecular weight excluding hydrogens is 229 g/mol. The molecular formula is C13H22BNO3. The van der Waals surface area contributed by atoms with Gasteiger partial charge in [0.2, 0.25) is 0 Å². The summed E-state index contributed by atoms with van der Waals surface area (Å²) in [7, 11) is -0.467. The van der Waals surface area contributed by atoms with Crippen LogP contribution in [0.1, 0.15) is 52.1 Å². The quantitative estimate of drug-likeness (QED) is 0.838. The lowest BCUT2D eigenvalue weighted by molar-refractivity contribution is 0.00578. The van der Waals surface area contributed by atoms with Crippen LogP contribution in [0.2, 0.25) is 0 Å². The Morgan fingerprint density at radius 2 is 1.72 bits per heavy atom. The van der Waals surface area contributed by atoms with E-state index in [1.54, 1.807) is 0 Å². The molecule has 1 aliphatic heterocycles. The lowest BCUT2D eigenvalue weighted by Gasteiger charge is -2.32. The summed E-state index contributed by atoms with van der Waals surface area (Å²) in [5.74, 6) is 1.24. The summed E-state index contributed by atoms with van der Waals surface area (Å²) >= 11 is 0. The molecule has 100 valence electrons. The van der Waals surface area contributed by atoms with E-state index in [9.17, 15) is 0 Å². The highest BCUT2D eigenvalue weighted by Gasteiger charge is 2.53. The Bertz CT molecular complexity index is 412. The Balaban J connectivity index is 2.14. The molecule has 1 atom stereocenters. The summed E-state index contributed by atoms with van der Waals surface area (Å²) in [6.07, 6.45) is 0.857. The first-order chi connectivity index (χ1) is 8.27. The normalized spacial score (nSPS) is 23.3. The number of nitrogens with two attached hydrogens (primary N) is 1. The molecule has 1 aliphatic rings. The molecule has 5 heteroatoms. The van der Waals surface area contributed by atoms with E-state index >= 15 is 0 Å². The Morgan fingerprint density at radius 1 is 1.17 bits per heavy atom. The van der Waals surface area contributed by atoms with Gasteiger partial charge in [-0.3, -0.25) is 0 Å². The second-order valence-electron chi connectivity index (χ2n) is 5.81. The van der Waals surface area contributed by atoms with Gasteiger partial charge in [-0.05, 0) is 39.8 Å². The second kappa shape index (κ2) is 4.40. The fourth-order valence-electron chi connectivity index (χ4n) is 1.93. The van der Waals surface area contributed by atoms with Crippen LogP contribution in [0.3, 0.4) is 0 Å². The van der Waals surface area contributed by atoms with Crippen LogP contribution in [0.5, 0.6) is 0 Å². The Labute approximate surface area is 109 Å². The minimum atomic E-state index is -0.467. The van der Waals surface area contributed by atoms with E-state index < -0.39 is 13.1 Å². The molecule has 4 nitrogen and oxygen atoms in total. The predicted molar refractivity (Wildman–Crippen MR) is 71.1 cm³/mol. The van der Waals surface area contributed by atoms with E-state index in [4.69, 9.17) is 19.5 Å². The van der Waals surface area contributed by atoms with Gasteiger partial charge in [0.05, 0.1) is 17.1 Å². The number of aryl methyl sites for hydroxylation is 1. The van der Waals surface area contributed by atoms with Crippen LogP contribution >= 0.6 is 0 Å². The molecule has 0 bridgehead atoms. The highest BCUT2D eigenvalue weighted by molar-refractivity contribution is 6.47. The van der Waals surface area contributed by atoms with E-state index in [1.165, 1.54) is 0 Å². The van der Waals surface area contributed by atoms with E-state index in [-0.39, 0.29) is 11.2 Å². The van der Waals surface area contributed by atoms with Gasteiger partial charge in [0.15, 0.2) is 0 Å². The number of hydrogen-bond donors (Lipinski definition) is 1. The maximum Gasteiger partial charge on any atom is 0.483 e. The molecule has 0 aromatic carbocycles. The fraction of sp³-hybridized carbons (Fsp3) is 0.692. The molecule has 0 saturated carbocycles. The zero-order valence-corrected chi connectivity index (χ0v) is 11.8. The van der Waals surface area contributed by atoms with Gasteiger partial charge in [-0.2, -0.15) is 0 Å². The molecule has 1 saturated heterocycles. The molecule has 1 aromatic heterocycles. The van der Waals surface area contributed by atoms with Crippen LogP contribution in [0.15, 0.2) is 16.5 Å². The first-order valence-corrected chi connectivity index (χ1v) is 6.46. The van der Waals surface area contributed by atoms with Gasteiger partial charge in [-0.1, -0.05) is 6.92 Å². The lowest BCUT2D eigenvalue weighted by Crippen LogP contribution is -2.41. The van der Waals surface area contributed by atoms with Crippen LogP contribution in [-0.4, -0.2) is 18.3 Å². The smallest absolute Gasteiger partial charge is 0.465 e. The molecule has 0 spiro atoms. The maximum absolute atomic E-state index is 6.17. The highest BCUT2D eigenvalue weighted by atomic mass is 16.7. The molecule has 18 heavy (non-hydrogen) atoms. The Morgan fingerprint density at radius 3 is 2.17 bits per heavy atom. The van der Waals surface area contributed by atoms with Crippen molar-refractivity contribution in [3.63, 3.8) is 0 Å². The van der Waals surface area contributed by atoms with E-state index in [0.29, 0.717) is 5.76 Å². The highest BCUT2D eigenvalue weighted by Crippen LogP contribution is 2.39. The second-order valence-corrected chi connectivity index (χ2v) is 5.81. The molecule has 0 unspecified atom stereocenters. The van der Waals surface area contributed by atoms with Crippen molar-refractivity contribution in [3.8, 4) is 0 Å². The monoisotopic (exact) mass is 251 g/mol. The molecule has 0 radical (unpaired) electrons. The minimum Gasteiger partial charge on any atom is -0.465 e. The fourth-order valence-corrected chi connectivity index (χ4v) is 1.93. The van der Waals surface area contributed by atoms with Crippen LogP contribution < -0.4 is 5.73 Å². The summed E-state index contributed by atoms with van der Waals surface area (Å²) in [5.41, 5.74) is 5.44. The van der Waals surface area contributed by atoms with Crippen molar-refractivity contribution in [2.24, 2.45) is 5.73 Å². The third kappa shape index (κ3) is 2.22. The van der Waals surface area contributed by atoms with Gasteiger partial charge in [-0.25, -0.2) is 0 Å². The number of furan rings is 1. The SMILES string of the molecule is CCc1ccc([C@H](N)B2OC(C)(C)C(C)(C)O2)o1. The van der Waals surface area contributed by atoms with Gasteiger partial charge in [-0.15, -0.1) is 0 Å². The predicted octanol–water partition coefficient (Wildman–Crippen LogP) is 2.47. The van der Waals surface area contributed by atoms with E-state index in [2.05, 4.69) is 0 Å². The van der Waals surface area contributed by atoms with Crippen LogP contribution in [0, 0.1) is 0 Å². The topological polar surface area (TPSA) is 57.6 Å². The Kier molecular flexibility index (Phi) is 3.34. The largest absolute Gasteiger partial charge is 0.483 e. The standard InChI is InChI=1S/C13H22BNO3/c1-6-9-7-8-10(16-9)11(15)14-17-12(2,3)13(4,5)18-14/h7-8,11H,6,15H2,1-5H3/t11-/m0/s1. The molecule has 0 amide bonds. The number of hydrogen-bond acceptors (Lipinski definition) is 4. The van der Waals surface area contributed by atoms with Gasteiger partial charge in [0.1, 0.15) is 11.5 Å². The molecule has 2 N–H and O–H groups in total. The van der Waals surface area contributed by atoms with Crippen molar-refractivity contribution in [1.29, 1.82) is 0 Å². The van der Waals surface area contributed by atoms with Crippen molar-refractivity contribution in [2.75, 3.05) is 0 Å². The van der Waals surface area contributed by atoms with Gasteiger partial charge < -0.3 is 19.5 Å². The maximum atomic E-state index is 6.17. The van der Waals surface area contributed by atoms with Gasteiger partial charge in [0.25, 0.3) is 0 Å². The van der Waals surface area contributed by atoms with Crippen LogP contribution in [0.4, 0.5) is 0 Å². The molecule has 2 rings (SSSR count). The summed E-state index contributed by atoms with van der Waals surface area (Å²) in [4.78, 5) is 0. The zero-order valence-electron chi connectivity index (χ0n) is 11.8. The van der Waals surface area contributed by atoms with Gasteiger partial charge in [0, 0.05) is 6.42 Å². The van der Waals surface area contributed by atoms with Gasteiger partial charge >= 0.3 is 7.12 Å². The summed E-state index contributed by atoms with van der Waals surface area (Å²) in [5, 5.41) is 0. The third-order valence-electron chi connectivity index (χ3n) is 3.92. The van der Waals surface area contributed by atoms with E-state index in [1.807, 2.05) is 46.8 Å². The summed E-state index contributed by atoms with van der Waals surface area (Å²) in [6.45, 7) is 10.1. The summed E-state index contributed by atoms with van der Waals surface area (Å²) in [6, 6.07) is 3.84. The number of rotatable bonds is 3. The van der Waals surface area contributed by atoms with Crippen molar-refractivity contribution in [1.82, 2.24) is 0 Å². The first kappa shape index (κ1) is 13.7. The average molecular weight is 251 g/mol. The van der Waals surface area contributed by atoms with Crippen molar-refractivity contribution < 1.29 is 13.7 Å².